The van der Waals surface area contributed by atoms with Gasteiger partial charge in [-0.15, -0.1) is 0 Å². The number of anilines is 3. The lowest BCUT2D eigenvalue weighted by Crippen LogP contribution is -2.36. The van der Waals surface area contributed by atoms with Crippen molar-refractivity contribution in [1.29, 1.82) is 0 Å². The summed E-state index contributed by atoms with van der Waals surface area (Å²) in [5.74, 6) is 1.27. The first-order valence-electron chi connectivity index (χ1n) is 12.2. The molecule has 1 aromatic carbocycles. The van der Waals surface area contributed by atoms with Crippen LogP contribution < -0.4 is 20.9 Å². The van der Waals surface area contributed by atoms with Crippen molar-refractivity contribution in [2.24, 2.45) is 5.92 Å². The molecule has 35 heavy (non-hydrogen) atoms. The molecular weight excluding hydrogens is 459 g/mol. The van der Waals surface area contributed by atoms with Gasteiger partial charge in [0.05, 0.1) is 5.56 Å². The SMILES string of the molecule is CNc1nc(N[C@H]2CC[C@@H](C(=O)NCc3ccccc3C(F)(F)F)CC2)nc(N2CCCCC2)n1. The molecule has 2 fully saturated rings. The van der Waals surface area contributed by atoms with E-state index in [1.807, 2.05) is 0 Å². The molecule has 1 aliphatic carbocycles. The smallest absolute Gasteiger partial charge is 0.357 e. The topological polar surface area (TPSA) is 95.1 Å². The van der Waals surface area contributed by atoms with Crippen LogP contribution in [0.2, 0.25) is 0 Å². The van der Waals surface area contributed by atoms with E-state index in [2.05, 4.69) is 35.8 Å². The van der Waals surface area contributed by atoms with Crippen LogP contribution in [0.5, 0.6) is 0 Å². The third kappa shape index (κ3) is 6.52. The number of aromatic nitrogens is 3. The third-order valence-electron chi connectivity index (χ3n) is 6.69. The molecule has 11 heteroatoms. The first kappa shape index (κ1) is 25.0. The minimum Gasteiger partial charge on any atom is -0.357 e. The number of nitrogens with one attached hydrogen (secondary N) is 3. The monoisotopic (exact) mass is 491 g/mol. The van der Waals surface area contributed by atoms with E-state index in [-0.39, 0.29) is 30.0 Å². The molecule has 0 radical (unpaired) electrons. The highest BCUT2D eigenvalue weighted by Gasteiger charge is 2.33. The number of alkyl halides is 3. The fourth-order valence-electron chi connectivity index (χ4n) is 4.74. The highest BCUT2D eigenvalue weighted by Crippen LogP contribution is 2.32. The van der Waals surface area contributed by atoms with Crippen LogP contribution in [0.15, 0.2) is 24.3 Å². The highest BCUT2D eigenvalue weighted by atomic mass is 19.4. The average Bonchev–Trinajstić information content (AvgIpc) is 2.87. The molecule has 1 aliphatic heterocycles. The molecule has 1 saturated heterocycles. The first-order valence-corrected chi connectivity index (χ1v) is 12.2. The van der Waals surface area contributed by atoms with Crippen LogP contribution in [-0.2, 0) is 17.5 Å². The van der Waals surface area contributed by atoms with Crippen molar-refractivity contribution in [3.8, 4) is 0 Å². The molecule has 2 aliphatic rings. The second kappa shape index (κ2) is 11.1. The normalized spacial score (nSPS) is 20.9. The van der Waals surface area contributed by atoms with Crippen LogP contribution in [0.1, 0.15) is 56.1 Å². The Labute approximate surface area is 203 Å². The molecule has 8 nitrogen and oxygen atoms in total. The summed E-state index contributed by atoms with van der Waals surface area (Å²) in [4.78, 5) is 28.4. The van der Waals surface area contributed by atoms with Crippen molar-refractivity contribution in [1.82, 2.24) is 20.3 Å². The minimum absolute atomic E-state index is 0.0726. The van der Waals surface area contributed by atoms with Gasteiger partial charge in [-0.1, -0.05) is 18.2 Å². The van der Waals surface area contributed by atoms with E-state index in [0.29, 0.717) is 30.7 Å². The molecule has 0 spiro atoms. The fourth-order valence-corrected chi connectivity index (χ4v) is 4.74. The maximum Gasteiger partial charge on any atom is 0.416 e. The molecule has 3 N–H and O–H groups in total. The van der Waals surface area contributed by atoms with Crippen molar-refractivity contribution in [2.45, 2.75) is 63.7 Å². The standard InChI is InChI=1S/C24H32F3N7O/c1-28-21-31-22(33-23(32-21)34-13-5-2-6-14-34)30-18-11-9-16(10-12-18)20(35)29-15-17-7-3-4-8-19(17)24(25,26)27/h3-4,7-8,16,18H,2,5-6,9-15H2,1H3,(H,29,35)(H2,28,30,31,32,33)/t16-,18+. The number of amides is 1. The molecule has 1 aromatic heterocycles. The summed E-state index contributed by atoms with van der Waals surface area (Å²) in [6.07, 6.45) is 1.81. The van der Waals surface area contributed by atoms with Crippen LogP contribution in [0, 0.1) is 5.92 Å². The van der Waals surface area contributed by atoms with Crippen molar-refractivity contribution >= 4 is 23.8 Å². The van der Waals surface area contributed by atoms with Gasteiger partial charge in [0.1, 0.15) is 0 Å². The van der Waals surface area contributed by atoms with E-state index in [0.717, 1.165) is 44.8 Å². The Morgan fingerprint density at radius 1 is 1.00 bits per heavy atom. The number of nitrogens with zero attached hydrogens (tertiary/aromatic N) is 4. The lowest BCUT2D eigenvalue weighted by molar-refractivity contribution is -0.138. The summed E-state index contributed by atoms with van der Waals surface area (Å²) < 4.78 is 39.6. The van der Waals surface area contributed by atoms with Crippen LogP contribution in [0.4, 0.5) is 31.0 Å². The van der Waals surface area contributed by atoms with Crippen molar-refractivity contribution in [2.75, 3.05) is 35.7 Å². The van der Waals surface area contributed by atoms with Gasteiger partial charge in [-0.2, -0.15) is 28.1 Å². The summed E-state index contributed by atoms with van der Waals surface area (Å²) in [5.41, 5.74) is -0.640. The van der Waals surface area contributed by atoms with Crippen LogP contribution in [0.3, 0.4) is 0 Å². The Morgan fingerprint density at radius 3 is 2.37 bits per heavy atom. The zero-order valence-electron chi connectivity index (χ0n) is 19.9. The zero-order valence-corrected chi connectivity index (χ0v) is 19.9. The number of piperidine rings is 1. The van der Waals surface area contributed by atoms with E-state index in [1.54, 1.807) is 13.1 Å². The third-order valence-corrected chi connectivity index (χ3v) is 6.69. The van der Waals surface area contributed by atoms with Gasteiger partial charge in [-0.25, -0.2) is 0 Å². The second-order valence-electron chi connectivity index (χ2n) is 9.15. The number of benzene rings is 1. The Bertz CT molecular complexity index is 1000. The van der Waals surface area contributed by atoms with Crippen molar-refractivity contribution in [3.63, 3.8) is 0 Å². The van der Waals surface area contributed by atoms with E-state index >= 15 is 0 Å². The molecule has 2 heterocycles. The largest absolute Gasteiger partial charge is 0.416 e. The van der Waals surface area contributed by atoms with Crippen LogP contribution in [-0.4, -0.2) is 47.0 Å². The van der Waals surface area contributed by atoms with Gasteiger partial charge in [0.2, 0.25) is 23.8 Å². The molecule has 0 bridgehead atoms. The summed E-state index contributed by atoms with van der Waals surface area (Å²) >= 11 is 0. The molecule has 0 unspecified atom stereocenters. The quantitative estimate of drug-likeness (QED) is 0.534. The Kier molecular flexibility index (Phi) is 7.92. The molecule has 4 rings (SSSR count). The molecule has 0 atom stereocenters. The van der Waals surface area contributed by atoms with E-state index in [9.17, 15) is 18.0 Å². The fraction of sp³-hybridized carbons (Fsp3) is 0.583. The Hall–Kier alpha value is -3.11. The van der Waals surface area contributed by atoms with E-state index < -0.39 is 11.7 Å². The average molecular weight is 492 g/mol. The maximum absolute atomic E-state index is 13.2. The predicted molar refractivity (Wildman–Crippen MR) is 128 cm³/mol. The Morgan fingerprint density at radius 2 is 1.69 bits per heavy atom. The first-order chi connectivity index (χ1) is 16.8. The van der Waals surface area contributed by atoms with Gasteiger partial charge in [-0.3, -0.25) is 4.79 Å². The number of hydrogen-bond donors (Lipinski definition) is 3. The summed E-state index contributed by atoms with van der Waals surface area (Å²) in [6.45, 7) is 1.73. The number of rotatable bonds is 7. The van der Waals surface area contributed by atoms with Gasteiger partial charge < -0.3 is 20.9 Å². The van der Waals surface area contributed by atoms with Gasteiger partial charge in [-0.05, 0) is 56.6 Å². The molecular formula is C24H32F3N7O. The number of halogens is 3. The number of hydrogen-bond acceptors (Lipinski definition) is 7. The number of carbonyl (C=O) groups excluding carboxylic acids is 1. The summed E-state index contributed by atoms with van der Waals surface area (Å²) in [6, 6.07) is 5.45. The van der Waals surface area contributed by atoms with Gasteiger partial charge in [0.15, 0.2) is 0 Å². The van der Waals surface area contributed by atoms with Crippen molar-refractivity contribution < 1.29 is 18.0 Å². The second-order valence-corrected chi connectivity index (χ2v) is 9.15. The van der Waals surface area contributed by atoms with E-state index in [4.69, 9.17) is 0 Å². The Balaban J connectivity index is 1.30. The zero-order chi connectivity index (χ0) is 24.8. The van der Waals surface area contributed by atoms with E-state index in [1.165, 1.54) is 18.6 Å². The van der Waals surface area contributed by atoms with Gasteiger partial charge in [0.25, 0.3) is 0 Å². The molecule has 1 amide bonds. The van der Waals surface area contributed by atoms with Crippen LogP contribution >= 0.6 is 0 Å². The van der Waals surface area contributed by atoms with Gasteiger partial charge in [0, 0.05) is 38.6 Å². The minimum atomic E-state index is -4.44. The molecule has 2 aromatic rings. The lowest BCUT2D eigenvalue weighted by atomic mass is 9.85. The lowest BCUT2D eigenvalue weighted by Gasteiger charge is -2.29. The highest BCUT2D eigenvalue weighted by molar-refractivity contribution is 5.78. The summed E-state index contributed by atoms with van der Waals surface area (Å²) in [5, 5.41) is 9.08. The molecule has 1 saturated carbocycles. The van der Waals surface area contributed by atoms with Crippen LogP contribution in [0.25, 0.3) is 0 Å². The maximum atomic E-state index is 13.2. The predicted octanol–water partition coefficient (Wildman–Crippen LogP) is 4.21. The molecule has 190 valence electrons. The van der Waals surface area contributed by atoms with Gasteiger partial charge >= 0.3 is 6.18 Å². The van der Waals surface area contributed by atoms with Crippen molar-refractivity contribution in [3.05, 3.63) is 35.4 Å². The summed E-state index contributed by atoms with van der Waals surface area (Å²) in [7, 11) is 1.77. The number of carbonyl (C=O) groups is 1.